The van der Waals surface area contributed by atoms with E-state index in [-0.39, 0.29) is 61.7 Å². The summed E-state index contributed by atoms with van der Waals surface area (Å²) >= 11 is 0. The van der Waals surface area contributed by atoms with Gasteiger partial charge in [-0.2, -0.15) is 0 Å². The highest BCUT2D eigenvalue weighted by atomic mass is 16.5. The molecule has 3 aliphatic rings. The molecule has 5 amide bonds. The van der Waals surface area contributed by atoms with Crippen molar-refractivity contribution in [2.75, 3.05) is 57.3 Å². The Kier molecular flexibility index (Phi) is 16.2. The lowest BCUT2D eigenvalue weighted by Gasteiger charge is -2.29. The number of piperidine rings is 1. The van der Waals surface area contributed by atoms with E-state index < -0.39 is 11.9 Å². The lowest BCUT2D eigenvalue weighted by Crippen LogP contribution is -2.52. The maximum absolute atomic E-state index is 13.1. The molecule has 7 rings (SSSR count). The molecular weight excluding hydrogens is 831 g/mol. The number of nitrogens with one attached hydrogen (secondary N) is 4. The Bertz CT molecular complexity index is 2330. The van der Waals surface area contributed by atoms with Crippen molar-refractivity contribution < 1.29 is 38.2 Å². The monoisotopic (exact) mass is 887 g/mol. The van der Waals surface area contributed by atoms with Crippen molar-refractivity contribution in [2.45, 2.75) is 83.1 Å². The largest absolute Gasteiger partial charge is 0.494 e. The zero-order valence-corrected chi connectivity index (χ0v) is 36.9. The number of aromatic nitrogens is 2. The molecule has 4 heterocycles. The van der Waals surface area contributed by atoms with E-state index in [1.807, 2.05) is 55.6 Å². The van der Waals surface area contributed by atoms with Crippen LogP contribution in [0.3, 0.4) is 0 Å². The molecule has 3 unspecified atom stereocenters. The summed E-state index contributed by atoms with van der Waals surface area (Å²) < 4.78 is 17.2. The molecule has 0 bridgehead atoms. The first-order valence-electron chi connectivity index (χ1n) is 22.3. The van der Waals surface area contributed by atoms with E-state index in [0.717, 1.165) is 54.2 Å². The van der Waals surface area contributed by atoms with Gasteiger partial charge in [-0.15, -0.1) is 0 Å². The van der Waals surface area contributed by atoms with Gasteiger partial charge < -0.3 is 40.0 Å². The molecule has 65 heavy (non-hydrogen) atoms. The summed E-state index contributed by atoms with van der Waals surface area (Å²) in [6.45, 7) is 5.14. The number of nitrogens with zero attached hydrogens (tertiary/aromatic N) is 5. The van der Waals surface area contributed by atoms with Crippen molar-refractivity contribution in [2.24, 2.45) is 4.99 Å². The van der Waals surface area contributed by atoms with Crippen LogP contribution in [0.2, 0.25) is 0 Å². The number of aliphatic imine (C=N–C) groups is 1. The Balaban J connectivity index is 0.707. The topological polar surface area (TPSA) is 206 Å². The summed E-state index contributed by atoms with van der Waals surface area (Å²) in [5.41, 5.74) is 4.88. The maximum atomic E-state index is 13.1. The molecule has 1 aromatic heterocycles. The third kappa shape index (κ3) is 12.3. The summed E-state index contributed by atoms with van der Waals surface area (Å²) in [5, 5.41) is 11.6. The maximum Gasteiger partial charge on any atom is 0.255 e. The number of fused-ring (bicyclic) bond motifs is 1. The number of hydrogen-bond acceptors (Lipinski definition) is 13. The van der Waals surface area contributed by atoms with Gasteiger partial charge in [0, 0.05) is 80.6 Å². The Labute approximate surface area is 378 Å². The fourth-order valence-electron chi connectivity index (χ4n) is 8.16. The third-order valence-corrected chi connectivity index (χ3v) is 11.7. The average Bonchev–Trinajstić information content (AvgIpc) is 3.83. The van der Waals surface area contributed by atoms with Gasteiger partial charge in [0.05, 0.1) is 30.9 Å². The number of anilines is 2. The molecule has 4 aromatic rings. The Morgan fingerprint density at radius 3 is 2.49 bits per heavy atom. The van der Waals surface area contributed by atoms with Gasteiger partial charge in [0.15, 0.2) is 0 Å². The Morgan fingerprint density at radius 1 is 0.892 bits per heavy atom. The van der Waals surface area contributed by atoms with Crippen LogP contribution in [0.15, 0.2) is 90.3 Å². The van der Waals surface area contributed by atoms with Crippen molar-refractivity contribution in [1.82, 2.24) is 30.4 Å². The smallest absolute Gasteiger partial charge is 0.255 e. The van der Waals surface area contributed by atoms with Gasteiger partial charge in [-0.3, -0.25) is 34.3 Å². The van der Waals surface area contributed by atoms with Crippen LogP contribution >= 0.6 is 0 Å². The zero-order valence-electron chi connectivity index (χ0n) is 36.9. The standard InChI is InChI=1S/C48H57N9O8/c1-3-38-45(40-20-21-49-31-52-40)56(2)42(53-38)28-50-34-11-7-10-33(26-34)46(60)51-27-32-14-16-35(17-15-32)65-25-6-4-5-22-63-23-9-24-64-30-44(59)54-39-13-8-12-36-37(39)29-57(48(36)62)41-18-19-43(58)55-47(41)61/h7-8,10-17,20-21,26,31,38,41,45,50H,3-6,9,18-19,22-25,27-30H2,1-2H3,(H,51,60)(H,54,59)(H,55,58,61). The van der Waals surface area contributed by atoms with Crippen molar-refractivity contribution >= 4 is 46.7 Å². The van der Waals surface area contributed by atoms with Crippen LogP contribution < -0.4 is 26.0 Å². The molecule has 17 heteroatoms. The lowest BCUT2D eigenvalue weighted by atomic mass is 10.0. The van der Waals surface area contributed by atoms with Crippen molar-refractivity contribution in [3.63, 3.8) is 0 Å². The molecule has 1 fully saturated rings. The number of amidine groups is 1. The van der Waals surface area contributed by atoms with Crippen LogP contribution in [0.25, 0.3) is 0 Å². The van der Waals surface area contributed by atoms with Crippen LogP contribution in [0.5, 0.6) is 5.75 Å². The van der Waals surface area contributed by atoms with Gasteiger partial charge in [0.1, 0.15) is 30.6 Å². The fraction of sp³-hybridized carbons (Fsp3) is 0.417. The van der Waals surface area contributed by atoms with Gasteiger partial charge >= 0.3 is 0 Å². The number of ether oxygens (including phenoxy) is 3. The molecule has 0 radical (unpaired) electrons. The summed E-state index contributed by atoms with van der Waals surface area (Å²) in [5.74, 6) is 0.0769. The van der Waals surface area contributed by atoms with E-state index in [0.29, 0.717) is 68.3 Å². The van der Waals surface area contributed by atoms with E-state index >= 15 is 0 Å². The first-order chi connectivity index (χ1) is 31.7. The summed E-state index contributed by atoms with van der Waals surface area (Å²) in [6, 6.07) is 21.6. The van der Waals surface area contributed by atoms with Crippen molar-refractivity contribution in [3.05, 3.63) is 113 Å². The molecule has 0 aliphatic carbocycles. The zero-order chi connectivity index (χ0) is 45.5. The van der Waals surface area contributed by atoms with Crippen molar-refractivity contribution in [3.8, 4) is 5.75 Å². The predicted molar refractivity (Wildman–Crippen MR) is 243 cm³/mol. The summed E-state index contributed by atoms with van der Waals surface area (Å²) in [4.78, 5) is 79.8. The molecule has 1 saturated heterocycles. The highest BCUT2D eigenvalue weighted by molar-refractivity contribution is 6.07. The highest BCUT2D eigenvalue weighted by Gasteiger charge is 2.40. The van der Waals surface area contributed by atoms with E-state index in [1.54, 1.807) is 36.8 Å². The molecule has 0 saturated carbocycles. The lowest BCUT2D eigenvalue weighted by molar-refractivity contribution is -0.137. The molecule has 3 aliphatic heterocycles. The summed E-state index contributed by atoms with van der Waals surface area (Å²) in [6.07, 6.45) is 8.03. The number of unbranched alkanes of at least 4 members (excludes halogenated alkanes) is 2. The number of amides is 5. The Morgan fingerprint density at radius 2 is 1.69 bits per heavy atom. The van der Waals surface area contributed by atoms with Gasteiger partial charge in [0.25, 0.3) is 11.8 Å². The van der Waals surface area contributed by atoms with Gasteiger partial charge in [-0.25, -0.2) is 9.97 Å². The molecule has 3 aromatic carbocycles. The molecule has 4 N–H and O–H groups in total. The van der Waals surface area contributed by atoms with Gasteiger partial charge in [0.2, 0.25) is 17.7 Å². The second-order valence-electron chi connectivity index (χ2n) is 16.2. The van der Waals surface area contributed by atoms with Crippen LogP contribution in [-0.4, -0.2) is 114 Å². The molecule has 17 nitrogen and oxygen atoms in total. The van der Waals surface area contributed by atoms with E-state index in [1.165, 1.54) is 4.90 Å². The molecule has 3 atom stereocenters. The Hall–Kier alpha value is -6.72. The van der Waals surface area contributed by atoms with E-state index in [2.05, 4.69) is 43.1 Å². The van der Waals surface area contributed by atoms with Crippen molar-refractivity contribution in [1.29, 1.82) is 0 Å². The third-order valence-electron chi connectivity index (χ3n) is 11.7. The minimum absolute atomic E-state index is 0.0608. The average molecular weight is 888 g/mol. The second kappa shape index (κ2) is 22.8. The first-order valence-corrected chi connectivity index (χ1v) is 22.3. The van der Waals surface area contributed by atoms with E-state index in [4.69, 9.17) is 19.2 Å². The quantitative estimate of drug-likeness (QED) is 0.0571. The predicted octanol–water partition coefficient (Wildman–Crippen LogP) is 5.05. The highest BCUT2D eigenvalue weighted by Crippen LogP contribution is 2.33. The van der Waals surface area contributed by atoms with Gasteiger partial charge in [-0.1, -0.05) is 31.2 Å². The molecule has 0 spiro atoms. The van der Waals surface area contributed by atoms with Crippen LogP contribution in [0, 0.1) is 0 Å². The number of carbonyl (C=O) groups excluding carboxylic acids is 5. The molecule has 342 valence electrons. The molecular formula is C48H57N9O8. The number of benzene rings is 3. The van der Waals surface area contributed by atoms with Gasteiger partial charge in [-0.05, 0) is 92.6 Å². The first kappa shape index (κ1) is 46.3. The number of rotatable bonds is 23. The van der Waals surface area contributed by atoms with Crippen LogP contribution in [0.4, 0.5) is 11.4 Å². The number of likely N-dealkylation sites (N-methyl/N-ethyl adjacent to an activating group) is 1. The second-order valence-corrected chi connectivity index (χ2v) is 16.2. The SMILES string of the molecule is CCC1N=C(CNc2cccc(C(=O)NCc3ccc(OCCCCCOCCCOCC(=O)Nc4cccc5c4CN(C4CCC(=O)NC4=O)C5=O)cc3)c2)N(C)C1c1ccncn1. The van der Waals surface area contributed by atoms with Crippen LogP contribution in [0.1, 0.15) is 95.4 Å². The number of carbonyl (C=O) groups is 5. The fourth-order valence-corrected chi connectivity index (χ4v) is 8.16. The van der Waals surface area contributed by atoms with E-state index in [9.17, 15) is 24.0 Å². The number of hydrogen-bond donors (Lipinski definition) is 4. The number of imide groups is 1. The van der Waals surface area contributed by atoms with Crippen LogP contribution in [-0.2, 0) is 36.9 Å². The minimum atomic E-state index is -0.727. The summed E-state index contributed by atoms with van der Waals surface area (Å²) in [7, 11) is 2.04. The minimum Gasteiger partial charge on any atom is -0.494 e. The normalized spacial score (nSPS) is 18.0.